The van der Waals surface area contributed by atoms with Crippen LogP contribution in [0.4, 0.5) is 0 Å². The van der Waals surface area contributed by atoms with E-state index in [4.69, 9.17) is 127 Å². The van der Waals surface area contributed by atoms with Gasteiger partial charge in [-0.2, -0.15) is 0 Å². The fraction of sp³-hybridized carbons (Fsp3) is 0.979. The first-order chi connectivity index (χ1) is 39.7. The lowest BCUT2D eigenvalue weighted by Gasteiger charge is -2.34. The Morgan fingerprint density at radius 3 is 1.36 bits per heavy atom. The van der Waals surface area contributed by atoms with Crippen LogP contribution in [-0.4, -0.2) is 281 Å². The van der Waals surface area contributed by atoms with E-state index in [2.05, 4.69) is 9.05 Å². The SMILES string of the molecule is [B][C@@H]1O[C@H](COC(C)C)[C@@H]2OP(=O)([O-])OC12O.[B][C@@H]1O[C@H](COC(C)C)[C@H](OP(=O)([O-])OC[C@H]2O[C@@H]([B])C[C@H]2OC(C)C)C1(O)O.[B][C@@H]1O[C@H](COC(C)C)[C@H](OP(=O)([O-])OC[C@H]2O[C@@H]([B])C[C@H]2OC(C)C)C1=O.[B][C@H]1C[C@@H](OC(C)C)[C@@H](CO)O1.[OH-].[OH-]. The van der Waals surface area contributed by atoms with Crippen molar-refractivity contribution in [2.75, 3.05) is 39.6 Å². The van der Waals surface area contributed by atoms with Crippen molar-refractivity contribution in [3.8, 4) is 0 Å². The summed E-state index contributed by atoms with van der Waals surface area (Å²) >= 11 is 0. The third kappa shape index (κ3) is 26.0. The van der Waals surface area contributed by atoms with Gasteiger partial charge in [0, 0.05) is 18.0 Å². The molecule has 0 aromatic carbocycles. The third-order valence-electron chi connectivity index (χ3n) is 13.0. The molecule has 7 aliphatic heterocycles. The molecule has 40 heteroatoms. The Kier molecular flexibility index (Phi) is 34.9. The van der Waals surface area contributed by atoms with Gasteiger partial charge >= 0.3 is 0 Å². The molecule has 500 valence electrons. The molecule has 0 aliphatic carbocycles. The number of phosphoric acid groups is 3. The Hall–Kier alpha value is -0.330. The van der Waals surface area contributed by atoms with Gasteiger partial charge in [0.05, 0.1) is 113 Å². The van der Waals surface area contributed by atoms with Gasteiger partial charge in [0.15, 0.2) is 18.0 Å². The summed E-state index contributed by atoms with van der Waals surface area (Å²) < 4.78 is 129. The lowest BCUT2D eigenvalue weighted by atomic mass is 9.90. The number of ketones is 1. The minimum absolute atomic E-state index is 0. The van der Waals surface area contributed by atoms with Gasteiger partial charge in [-0.1, -0.05) is 0 Å². The van der Waals surface area contributed by atoms with Crippen LogP contribution in [0.5, 0.6) is 0 Å². The highest BCUT2D eigenvalue weighted by atomic mass is 31.2. The monoisotopic (exact) mass is 1320 g/mol. The number of carbonyl (C=O) groups is 1. The molecule has 0 aromatic rings. The minimum Gasteiger partial charge on any atom is -0.870 e. The average molecular weight is 1310 g/mol. The van der Waals surface area contributed by atoms with Gasteiger partial charge in [-0.25, -0.2) is 0 Å². The number of hydrogen-bond acceptors (Lipinski definition) is 31. The molecular weight excluding hydrogens is 1230 g/mol. The highest BCUT2D eigenvalue weighted by Gasteiger charge is 2.63. The largest absolute Gasteiger partial charge is 0.870 e. The quantitative estimate of drug-likeness (QED) is 0.0390. The van der Waals surface area contributed by atoms with E-state index in [1.807, 2.05) is 55.4 Å². The van der Waals surface area contributed by atoms with Gasteiger partial charge in [-0.15, -0.1) is 0 Å². The van der Waals surface area contributed by atoms with E-state index in [9.17, 15) is 48.5 Å². The van der Waals surface area contributed by atoms with Gasteiger partial charge in [0.25, 0.3) is 23.5 Å². The lowest BCUT2D eigenvalue weighted by Crippen LogP contribution is -2.50. The van der Waals surface area contributed by atoms with Crippen LogP contribution in [0.1, 0.15) is 102 Å². The van der Waals surface area contributed by atoms with E-state index >= 15 is 0 Å². The van der Waals surface area contributed by atoms with Crippen LogP contribution in [0.15, 0.2) is 0 Å². The van der Waals surface area contributed by atoms with Gasteiger partial charge in [0.1, 0.15) is 89.8 Å². The van der Waals surface area contributed by atoms with E-state index in [0.29, 0.717) is 19.3 Å². The number of rotatable bonds is 26. The van der Waals surface area contributed by atoms with E-state index in [0.717, 1.165) is 0 Å². The number of carbonyl (C=O) groups excluding carboxylic acids is 1. The first-order valence-electron chi connectivity index (χ1n) is 28.2. The predicted molar refractivity (Wildman–Crippen MR) is 302 cm³/mol. The van der Waals surface area contributed by atoms with Gasteiger partial charge in [-0.05, 0) is 102 Å². The molecule has 12 radical (unpaired) electrons. The van der Waals surface area contributed by atoms with Crippen LogP contribution >= 0.6 is 23.5 Å². The highest BCUT2D eigenvalue weighted by molar-refractivity contribution is 7.46. The molecule has 6 N–H and O–H groups in total. The normalized spacial score (nSPS) is 38.0. The molecule has 0 saturated carbocycles. The van der Waals surface area contributed by atoms with Gasteiger partial charge in [0.2, 0.25) is 11.6 Å². The molecule has 22 atom stereocenters. The maximum absolute atomic E-state index is 12.3. The molecule has 31 nitrogen and oxygen atoms in total. The molecule has 7 heterocycles. The summed E-state index contributed by atoms with van der Waals surface area (Å²) in [5.41, 5.74) is 0. The molecule has 4 unspecified atom stereocenters. The average Bonchev–Trinajstić information content (AvgIpc) is 1.73. The second kappa shape index (κ2) is 36.7. The Bertz CT molecular complexity index is 2210. The summed E-state index contributed by atoms with van der Waals surface area (Å²) in [6.45, 7) is 21.0. The van der Waals surface area contributed by atoms with Crippen molar-refractivity contribution in [1.29, 1.82) is 0 Å². The Balaban J connectivity index is 0.000000416. The summed E-state index contributed by atoms with van der Waals surface area (Å²) in [5.74, 6) is -5.62. The number of ether oxygens (including phenoxy) is 12. The number of Topliss-reactive ketones (excluding diaryl/α,β-unsaturated/α-hetero) is 1. The van der Waals surface area contributed by atoms with Crippen molar-refractivity contribution < 1.29 is 149 Å². The number of aliphatic hydroxyl groups excluding tert-OH is 1. The first kappa shape index (κ1) is 83.8. The molecule has 7 aliphatic rings. The fourth-order valence-corrected chi connectivity index (χ4v) is 12.2. The van der Waals surface area contributed by atoms with Crippen molar-refractivity contribution >= 4 is 76.3 Å². The molecule has 7 fully saturated rings. The fourth-order valence-electron chi connectivity index (χ4n) is 9.19. The van der Waals surface area contributed by atoms with E-state index in [-0.39, 0.29) is 98.8 Å². The Labute approximate surface area is 522 Å². The Morgan fingerprint density at radius 1 is 0.557 bits per heavy atom. The predicted octanol–water partition coefficient (Wildman–Crippen LogP) is -2.67. The maximum atomic E-state index is 12.3. The standard InChI is InChI=1S/C16H29B2O10P.C16H27B2O9P.C8H14BO7P.C8H15BO3.2H2O/c1-8(2)23-6-12-14(16(19,20)15(18)27-12)28-29(21,22)24-7-11-10(25-9(3)4)5-13(17)26-11;1-8(2)22-6-12-15(14(19)16(18)26-12)27-28(20,21)23-7-11-10(24-9(3)4)5-13(17)25-11;1-4(2)13-3-5-6-8(10,7(9)14-5)16-17(11,12)15-6;1-5(2)11-6-3-8(9)12-7(6)4-10;;/h8-15,19-20H,5-7H2,1-4H3,(H,21,22);8-13,15-16H,5-7H2,1-4H3,(H,20,21);4-7,10H,3H2,1-2H3,(H,11,12);5-8,10H,3-4H2,1-2H3;2*1H2/p-5/t10-,11-,12-,13-,14+,15-;10-,11-,12-,13-,15+,16-;5-,6+,7-,8?;6-,7-,8-;;/m1111../s1. The summed E-state index contributed by atoms with van der Waals surface area (Å²) in [4.78, 5) is 47.8. The zero-order chi connectivity index (χ0) is 65.0. The van der Waals surface area contributed by atoms with Crippen molar-refractivity contribution in [2.45, 2.75) is 260 Å². The second-order valence-corrected chi connectivity index (χ2v) is 26.7. The second-order valence-electron chi connectivity index (χ2n) is 22.7. The van der Waals surface area contributed by atoms with E-state index in [1.165, 1.54) is 0 Å². The Morgan fingerprint density at radius 2 is 0.943 bits per heavy atom. The smallest absolute Gasteiger partial charge is 0.271 e. The third-order valence-corrected chi connectivity index (χ3v) is 15.9. The lowest BCUT2D eigenvalue weighted by molar-refractivity contribution is -0.259. The topological polar surface area (TPSA) is 445 Å². The van der Waals surface area contributed by atoms with Crippen LogP contribution in [0, 0.1) is 0 Å². The number of hydrogen-bond donors (Lipinski definition) is 4. The number of fused-ring (bicyclic) bond motifs is 1. The number of phosphoric ester groups is 3. The summed E-state index contributed by atoms with van der Waals surface area (Å²) in [5, 5.41) is 39.1. The molecule has 0 bridgehead atoms. The van der Waals surface area contributed by atoms with Crippen LogP contribution in [0.2, 0.25) is 0 Å². The van der Waals surface area contributed by atoms with Crippen LogP contribution in [0.25, 0.3) is 0 Å². The van der Waals surface area contributed by atoms with Crippen molar-refractivity contribution in [2.24, 2.45) is 0 Å². The summed E-state index contributed by atoms with van der Waals surface area (Å²) in [6.07, 6.45) is -8.83. The molecule has 88 heavy (non-hydrogen) atoms. The van der Waals surface area contributed by atoms with Crippen molar-refractivity contribution in [3.05, 3.63) is 0 Å². The zero-order valence-electron chi connectivity index (χ0n) is 51.4. The van der Waals surface area contributed by atoms with Gasteiger partial charge < -0.3 is 126 Å². The van der Waals surface area contributed by atoms with Gasteiger partial charge in [-0.3, -0.25) is 23.0 Å². The molecule has 0 spiro atoms. The van der Waals surface area contributed by atoms with Crippen LogP contribution in [0.3, 0.4) is 0 Å². The highest BCUT2D eigenvalue weighted by Crippen LogP contribution is 2.58. The van der Waals surface area contributed by atoms with E-state index in [1.54, 1.807) is 27.7 Å². The maximum Gasteiger partial charge on any atom is 0.271 e. The van der Waals surface area contributed by atoms with Crippen LogP contribution in [-0.2, 0) is 102 Å². The van der Waals surface area contributed by atoms with Crippen molar-refractivity contribution in [1.82, 2.24) is 0 Å². The molecule has 0 aromatic heterocycles. The molecular formula is C48H84B6O31P3-5. The zero-order valence-corrected chi connectivity index (χ0v) is 54.1. The van der Waals surface area contributed by atoms with E-state index < -0.39 is 138 Å². The number of aliphatic hydroxyl groups is 4. The molecule has 7 saturated heterocycles. The first-order valence-corrected chi connectivity index (χ1v) is 32.6. The minimum atomic E-state index is -5.00. The molecule has 7 rings (SSSR count). The molecule has 0 amide bonds. The summed E-state index contributed by atoms with van der Waals surface area (Å²) in [6, 6.07) is -5.65. The van der Waals surface area contributed by atoms with Crippen LogP contribution < -0.4 is 14.7 Å². The van der Waals surface area contributed by atoms with Crippen molar-refractivity contribution in [3.63, 3.8) is 0 Å². The summed E-state index contributed by atoms with van der Waals surface area (Å²) in [7, 11) is 19.2.